The molecular formula is C17H23N3. The lowest BCUT2D eigenvalue weighted by molar-refractivity contribution is 0.373. The van der Waals surface area contributed by atoms with Crippen molar-refractivity contribution in [3.8, 4) is 11.3 Å². The topological polar surface area (TPSA) is 40.7 Å². The fourth-order valence-corrected chi connectivity index (χ4v) is 3.09. The van der Waals surface area contributed by atoms with Gasteiger partial charge in [-0.05, 0) is 31.2 Å². The second-order valence-corrected chi connectivity index (χ2v) is 5.82. The van der Waals surface area contributed by atoms with Gasteiger partial charge in [-0.15, -0.1) is 0 Å². The third-order valence-corrected chi connectivity index (χ3v) is 4.36. The van der Waals surface area contributed by atoms with Gasteiger partial charge in [-0.25, -0.2) is 0 Å². The van der Waals surface area contributed by atoms with Crippen molar-refractivity contribution in [2.24, 2.45) is 5.92 Å². The highest BCUT2D eigenvalue weighted by Gasteiger charge is 2.15. The number of nitrogens with one attached hydrogen (secondary N) is 2. The molecule has 2 aromatic rings. The Morgan fingerprint density at radius 1 is 1.15 bits per heavy atom. The van der Waals surface area contributed by atoms with E-state index in [1.54, 1.807) is 0 Å². The standard InChI is InChI=1S/C17H23N3/c1-13-16(15-10-6-3-7-11-15)19-20-17(13)18-12-14-8-4-2-5-9-14/h3,6-7,10-11,14H,2,4-5,8-9,12H2,1H3,(H2,18,19,20). The molecule has 0 bridgehead atoms. The molecule has 2 N–H and O–H groups in total. The molecule has 1 heterocycles. The average Bonchev–Trinajstić information content (AvgIpc) is 2.88. The largest absolute Gasteiger partial charge is 0.368 e. The molecule has 0 saturated heterocycles. The van der Waals surface area contributed by atoms with Crippen LogP contribution in [0.5, 0.6) is 0 Å². The van der Waals surface area contributed by atoms with E-state index in [9.17, 15) is 0 Å². The van der Waals surface area contributed by atoms with Crippen molar-refractivity contribution >= 4 is 5.82 Å². The number of hydrogen-bond donors (Lipinski definition) is 2. The first kappa shape index (κ1) is 13.2. The highest BCUT2D eigenvalue weighted by Crippen LogP contribution is 2.27. The highest BCUT2D eigenvalue weighted by atomic mass is 15.2. The van der Waals surface area contributed by atoms with Gasteiger partial charge in [0.15, 0.2) is 5.82 Å². The van der Waals surface area contributed by atoms with E-state index in [1.165, 1.54) is 43.2 Å². The van der Waals surface area contributed by atoms with Crippen LogP contribution in [0.15, 0.2) is 30.3 Å². The second kappa shape index (κ2) is 6.12. The fraction of sp³-hybridized carbons (Fsp3) is 0.471. The Hall–Kier alpha value is -1.77. The van der Waals surface area contributed by atoms with Crippen molar-refractivity contribution in [2.45, 2.75) is 39.0 Å². The summed E-state index contributed by atoms with van der Waals surface area (Å²) in [5, 5.41) is 11.1. The van der Waals surface area contributed by atoms with Crippen molar-refractivity contribution in [3.05, 3.63) is 35.9 Å². The van der Waals surface area contributed by atoms with Crippen LogP contribution in [0.2, 0.25) is 0 Å². The monoisotopic (exact) mass is 269 g/mol. The van der Waals surface area contributed by atoms with Gasteiger partial charge in [-0.2, -0.15) is 5.10 Å². The SMILES string of the molecule is Cc1c(NCC2CCCCC2)n[nH]c1-c1ccccc1. The summed E-state index contributed by atoms with van der Waals surface area (Å²) >= 11 is 0. The molecule has 1 fully saturated rings. The first-order valence-electron chi connectivity index (χ1n) is 7.69. The summed E-state index contributed by atoms with van der Waals surface area (Å²) in [6.07, 6.45) is 6.92. The molecule has 3 nitrogen and oxygen atoms in total. The number of aromatic nitrogens is 2. The van der Waals surface area contributed by atoms with E-state index in [2.05, 4.69) is 46.7 Å². The first-order valence-corrected chi connectivity index (χ1v) is 7.69. The lowest BCUT2D eigenvalue weighted by atomic mass is 9.89. The third kappa shape index (κ3) is 2.87. The summed E-state index contributed by atoms with van der Waals surface area (Å²) in [4.78, 5) is 0. The molecule has 3 heteroatoms. The summed E-state index contributed by atoms with van der Waals surface area (Å²) in [7, 11) is 0. The number of rotatable bonds is 4. The van der Waals surface area contributed by atoms with Gasteiger partial charge in [-0.3, -0.25) is 5.10 Å². The van der Waals surface area contributed by atoms with Gasteiger partial charge in [0.1, 0.15) is 0 Å². The maximum Gasteiger partial charge on any atom is 0.151 e. The summed E-state index contributed by atoms with van der Waals surface area (Å²) in [5.74, 6) is 1.83. The minimum Gasteiger partial charge on any atom is -0.368 e. The van der Waals surface area contributed by atoms with Crippen LogP contribution in [0, 0.1) is 12.8 Å². The van der Waals surface area contributed by atoms with Crippen molar-refractivity contribution < 1.29 is 0 Å². The van der Waals surface area contributed by atoms with Gasteiger partial charge in [-0.1, -0.05) is 49.6 Å². The van der Waals surface area contributed by atoms with Crippen molar-refractivity contribution in [1.82, 2.24) is 10.2 Å². The van der Waals surface area contributed by atoms with Crippen LogP contribution in [0.1, 0.15) is 37.7 Å². The van der Waals surface area contributed by atoms with Crippen LogP contribution in [0.4, 0.5) is 5.82 Å². The van der Waals surface area contributed by atoms with Crippen molar-refractivity contribution in [3.63, 3.8) is 0 Å². The lowest BCUT2D eigenvalue weighted by Crippen LogP contribution is -2.17. The number of aromatic amines is 1. The number of H-pyrrole nitrogens is 1. The minimum atomic E-state index is 0.819. The first-order chi connectivity index (χ1) is 9.84. The second-order valence-electron chi connectivity index (χ2n) is 5.82. The Bertz CT molecular complexity index is 539. The zero-order valence-electron chi connectivity index (χ0n) is 12.2. The molecule has 106 valence electrons. The number of benzene rings is 1. The van der Waals surface area contributed by atoms with Crippen LogP contribution in [0.3, 0.4) is 0 Å². The molecule has 0 unspecified atom stereocenters. The van der Waals surface area contributed by atoms with Crippen molar-refractivity contribution in [1.29, 1.82) is 0 Å². The van der Waals surface area contributed by atoms with E-state index < -0.39 is 0 Å². The van der Waals surface area contributed by atoms with Crippen LogP contribution in [0.25, 0.3) is 11.3 Å². The van der Waals surface area contributed by atoms with E-state index in [0.717, 1.165) is 24.0 Å². The molecule has 20 heavy (non-hydrogen) atoms. The summed E-state index contributed by atoms with van der Waals surface area (Å²) < 4.78 is 0. The van der Waals surface area contributed by atoms with Crippen LogP contribution < -0.4 is 5.32 Å². The fourth-order valence-electron chi connectivity index (χ4n) is 3.09. The Kier molecular flexibility index (Phi) is 4.05. The zero-order chi connectivity index (χ0) is 13.8. The van der Waals surface area contributed by atoms with Crippen LogP contribution in [-0.2, 0) is 0 Å². The molecular weight excluding hydrogens is 246 g/mol. The summed E-state index contributed by atoms with van der Waals surface area (Å²) in [5.41, 5.74) is 3.53. The van der Waals surface area contributed by atoms with E-state index >= 15 is 0 Å². The van der Waals surface area contributed by atoms with Gasteiger partial charge in [0.2, 0.25) is 0 Å². The van der Waals surface area contributed by atoms with Crippen molar-refractivity contribution in [2.75, 3.05) is 11.9 Å². The predicted molar refractivity (Wildman–Crippen MR) is 83.8 cm³/mol. The number of anilines is 1. The van der Waals surface area contributed by atoms with E-state index in [0.29, 0.717) is 0 Å². The molecule has 3 rings (SSSR count). The quantitative estimate of drug-likeness (QED) is 0.865. The Balaban J connectivity index is 1.67. The predicted octanol–water partition coefficient (Wildman–Crippen LogP) is 4.38. The van der Waals surface area contributed by atoms with E-state index in [-0.39, 0.29) is 0 Å². The minimum absolute atomic E-state index is 0.819. The average molecular weight is 269 g/mol. The molecule has 1 aromatic carbocycles. The maximum absolute atomic E-state index is 4.44. The van der Waals surface area contributed by atoms with Gasteiger partial charge in [0, 0.05) is 12.1 Å². The van der Waals surface area contributed by atoms with Gasteiger partial charge in [0.25, 0.3) is 0 Å². The summed E-state index contributed by atoms with van der Waals surface area (Å²) in [6, 6.07) is 10.4. The highest BCUT2D eigenvalue weighted by molar-refractivity contribution is 5.68. The molecule has 1 aliphatic rings. The third-order valence-electron chi connectivity index (χ3n) is 4.36. The smallest absolute Gasteiger partial charge is 0.151 e. The number of nitrogens with zero attached hydrogens (tertiary/aromatic N) is 1. The molecule has 1 saturated carbocycles. The van der Waals surface area contributed by atoms with Gasteiger partial charge >= 0.3 is 0 Å². The Labute approximate surface area is 120 Å². The molecule has 0 amide bonds. The number of hydrogen-bond acceptors (Lipinski definition) is 2. The molecule has 0 radical (unpaired) electrons. The lowest BCUT2D eigenvalue weighted by Gasteiger charge is -2.21. The molecule has 0 spiro atoms. The molecule has 1 aliphatic carbocycles. The normalized spacial score (nSPS) is 16.2. The maximum atomic E-state index is 4.44. The van der Waals surface area contributed by atoms with Gasteiger partial charge < -0.3 is 5.32 Å². The molecule has 0 atom stereocenters. The molecule has 1 aromatic heterocycles. The van der Waals surface area contributed by atoms with E-state index in [1.807, 2.05) is 6.07 Å². The van der Waals surface area contributed by atoms with Crippen LogP contribution in [-0.4, -0.2) is 16.7 Å². The summed E-state index contributed by atoms with van der Waals surface area (Å²) in [6.45, 7) is 3.19. The Morgan fingerprint density at radius 2 is 1.90 bits per heavy atom. The zero-order valence-corrected chi connectivity index (χ0v) is 12.2. The van der Waals surface area contributed by atoms with Crippen LogP contribution >= 0.6 is 0 Å². The van der Waals surface area contributed by atoms with E-state index in [4.69, 9.17) is 0 Å². The Morgan fingerprint density at radius 3 is 2.65 bits per heavy atom. The van der Waals surface area contributed by atoms with Gasteiger partial charge in [0.05, 0.1) is 5.69 Å². The molecule has 0 aliphatic heterocycles.